The molecule has 0 atom stereocenters. The largest absolute Gasteiger partial charge is 0.378 e. The normalized spacial score (nSPS) is 19.5. The Bertz CT molecular complexity index is 719. The van der Waals surface area contributed by atoms with Crippen molar-refractivity contribution < 1.29 is 4.74 Å². The Morgan fingerprint density at radius 1 is 1.19 bits per heavy atom. The molecular formula is C20H26N4OS. The molecule has 138 valence electrons. The third-order valence-corrected chi connectivity index (χ3v) is 4.79. The van der Waals surface area contributed by atoms with Crippen LogP contribution in [-0.2, 0) is 4.74 Å². The quantitative estimate of drug-likeness (QED) is 0.489. The zero-order valence-corrected chi connectivity index (χ0v) is 16.3. The van der Waals surface area contributed by atoms with Crippen molar-refractivity contribution in [2.45, 2.75) is 12.8 Å². The van der Waals surface area contributed by atoms with Crippen molar-refractivity contribution in [1.82, 2.24) is 9.91 Å². The number of hydrazone groups is 1. The summed E-state index contributed by atoms with van der Waals surface area (Å²) in [6.07, 6.45) is 5.92. The van der Waals surface area contributed by atoms with Crippen LogP contribution < -0.4 is 5.32 Å². The zero-order chi connectivity index (χ0) is 18.4. The van der Waals surface area contributed by atoms with Gasteiger partial charge in [0.05, 0.1) is 13.2 Å². The highest BCUT2D eigenvalue weighted by molar-refractivity contribution is 7.81. The summed E-state index contributed by atoms with van der Waals surface area (Å²) in [6, 6.07) is 10.1. The number of hydrogen-bond acceptors (Lipinski definition) is 5. The van der Waals surface area contributed by atoms with E-state index in [4.69, 9.17) is 17.0 Å². The summed E-state index contributed by atoms with van der Waals surface area (Å²) in [4.78, 5) is 3.21. The van der Waals surface area contributed by atoms with Gasteiger partial charge in [0, 0.05) is 50.4 Å². The van der Waals surface area contributed by atoms with Gasteiger partial charge in [-0.2, -0.15) is 5.10 Å². The molecule has 1 N–H and O–H groups in total. The molecule has 0 aromatic heterocycles. The van der Waals surface area contributed by atoms with E-state index >= 15 is 0 Å². The van der Waals surface area contributed by atoms with Gasteiger partial charge >= 0.3 is 0 Å². The molecule has 1 fully saturated rings. The van der Waals surface area contributed by atoms with Crippen LogP contribution in [0.25, 0.3) is 0 Å². The number of allylic oxidation sites excluding steroid dienone is 2. The molecule has 1 aromatic carbocycles. The van der Waals surface area contributed by atoms with Gasteiger partial charge in [-0.3, -0.25) is 0 Å². The molecule has 1 aliphatic carbocycles. The average Bonchev–Trinajstić information content (AvgIpc) is 3.07. The number of benzene rings is 1. The number of hydrogen-bond donors (Lipinski definition) is 1. The van der Waals surface area contributed by atoms with Gasteiger partial charge in [0.15, 0.2) is 0 Å². The zero-order valence-electron chi connectivity index (χ0n) is 15.4. The number of ether oxygens (including phenoxy) is 1. The summed E-state index contributed by atoms with van der Waals surface area (Å²) >= 11 is 5.75. The van der Waals surface area contributed by atoms with Gasteiger partial charge in [-0.1, -0.05) is 30.4 Å². The lowest BCUT2D eigenvalue weighted by Crippen LogP contribution is -2.36. The van der Waals surface area contributed by atoms with Crippen molar-refractivity contribution in [3.63, 3.8) is 0 Å². The number of rotatable bonds is 5. The van der Waals surface area contributed by atoms with E-state index in [1.54, 1.807) is 5.01 Å². The van der Waals surface area contributed by atoms with E-state index in [0.29, 0.717) is 0 Å². The minimum atomic E-state index is 0.759. The molecule has 0 amide bonds. The molecule has 26 heavy (non-hydrogen) atoms. The molecule has 0 saturated carbocycles. The van der Waals surface area contributed by atoms with Crippen molar-refractivity contribution in [2.75, 3.05) is 45.7 Å². The van der Waals surface area contributed by atoms with Gasteiger partial charge in [0.1, 0.15) is 4.99 Å². The van der Waals surface area contributed by atoms with Crippen molar-refractivity contribution in [3.05, 3.63) is 53.3 Å². The highest BCUT2D eigenvalue weighted by Crippen LogP contribution is 2.35. The molecule has 5 nitrogen and oxygen atoms in total. The summed E-state index contributed by atoms with van der Waals surface area (Å²) in [6.45, 7) is 3.31. The molecule has 0 bridgehead atoms. The van der Waals surface area contributed by atoms with Crippen LogP contribution >= 0.6 is 12.2 Å². The van der Waals surface area contributed by atoms with Gasteiger partial charge in [0.25, 0.3) is 0 Å². The second kappa shape index (κ2) is 8.96. The van der Waals surface area contributed by atoms with Crippen molar-refractivity contribution in [2.24, 2.45) is 5.10 Å². The summed E-state index contributed by atoms with van der Waals surface area (Å²) in [5.74, 6) is 0. The second-order valence-corrected chi connectivity index (χ2v) is 6.96. The maximum Gasteiger partial charge on any atom is 0.108 e. The molecule has 0 unspecified atom stereocenters. The monoisotopic (exact) mass is 370 g/mol. The van der Waals surface area contributed by atoms with Gasteiger partial charge < -0.3 is 20.0 Å². The second-order valence-electron chi connectivity index (χ2n) is 6.55. The molecule has 1 heterocycles. The Morgan fingerprint density at radius 3 is 2.62 bits per heavy atom. The summed E-state index contributed by atoms with van der Waals surface area (Å²) in [7, 11) is 3.85. The van der Waals surface area contributed by atoms with Crippen LogP contribution in [0.4, 0.5) is 5.69 Å². The van der Waals surface area contributed by atoms with Crippen LogP contribution in [0.5, 0.6) is 0 Å². The molecule has 1 aromatic rings. The minimum Gasteiger partial charge on any atom is -0.378 e. The van der Waals surface area contributed by atoms with E-state index in [1.807, 2.05) is 50.6 Å². The predicted molar refractivity (Wildman–Crippen MR) is 112 cm³/mol. The average molecular weight is 371 g/mol. The van der Waals surface area contributed by atoms with Crippen LogP contribution in [-0.4, -0.2) is 61.5 Å². The third kappa shape index (κ3) is 4.71. The number of thiocarbonyl (C=S) groups is 1. The molecule has 6 heteroatoms. The number of anilines is 1. The van der Waals surface area contributed by atoms with E-state index < -0.39 is 0 Å². The highest BCUT2D eigenvalue weighted by atomic mass is 32.1. The SMILES string of the molecule is CN(C)/N=C/C=C1/CCC(C(=S)Nc2ccccc2)=C1N1CCOCC1. The molecule has 1 saturated heterocycles. The number of morpholine rings is 1. The van der Waals surface area contributed by atoms with Gasteiger partial charge in [0.2, 0.25) is 0 Å². The topological polar surface area (TPSA) is 40.1 Å². The lowest BCUT2D eigenvalue weighted by molar-refractivity contribution is 0.0548. The van der Waals surface area contributed by atoms with Crippen LogP contribution in [0.1, 0.15) is 12.8 Å². The molecule has 0 spiro atoms. The Hall–Kier alpha value is -2.18. The first-order valence-electron chi connectivity index (χ1n) is 8.98. The van der Waals surface area contributed by atoms with Gasteiger partial charge in [-0.25, -0.2) is 0 Å². The van der Waals surface area contributed by atoms with Gasteiger partial charge in [-0.05, 0) is 36.6 Å². The van der Waals surface area contributed by atoms with E-state index in [2.05, 4.69) is 21.4 Å². The first kappa shape index (κ1) is 18.6. The Morgan fingerprint density at radius 2 is 1.92 bits per heavy atom. The Labute approximate surface area is 161 Å². The maximum absolute atomic E-state index is 5.75. The fourth-order valence-corrected chi connectivity index (χ4v) is 3.56. The highest BCUT2D eigenvalue weighted by Gasteiger charge is 2.28. The summed E-state index contributed by atoms with van der Waals surface area (Å²) in [5, 5.41) is 9.52. The molecule has 3 rings (SSSR count). The van der Waals surface area contributed by atoms with Crippen molar-refractivity contribution >= 4 is 29.1 Å². The lowest BCUT2D eigenvalue weighted by atomic mass is 10.1. The van der Waals surface area contributed by atoms with E-state index in [1.165, 1.54) is 16.8 Å². The van der Waals surface area contributed by atoms with Crippen LogP contribution in [0.2, 0.25) is 0 Å². The maximum atomic E-state index is 5.75. The van der Waals surface area contributed by atoms with Crippen molar-refractivity contribution in [3.8, 4) is 0 Å². The predicted octanol–water partition coefficient (Wildman–Crippen LogP) is 3.28. The smallest absolute Gasteiger partial charge is 0.108 e. The van der Waals surface area contributed by atoms with Gasteiger partial charge in [-0.15, -0.1) is 0 Å². The third-order valence-electron chi connectivity index (χ3n) is 4.44. The van der Waals surface area contributed by atoms with E-state index in [9.17, 15) is 0 Å². The summed E-state index contributed by atoms with van der Waals surface area (Å²) < 4.78 is 5.53. The molecular weight excluding hydrogens is 344 g/mol. The van der Waals surface area contributed by atoms with Crippen LogP contribution in [0.15, 0.2) is 58.4 Å². The number of para-hydroxylation sites is 1. The molecule has 1 aliphatic heterocycles. The minimum absolute atomic E-state index is 0.759. The number of nitrogens with one attached hydrogen (secondary N) is 1. The molecule has 0 radical (unpaired) electrons. The first-order chi connectivity index (χ1) is 12.6. The van der Waals surface area contributed by atoms with E-state index in [0.717, 1.165) is 49.8 Å². The fourth-order valence-electron chi connectivity index (χ4n) is 3.24. The van der Waals surface area contributed by atoms with E-state index in [-0.39, 0.29) is 0 Å². The van der Waals surface area contributed by atoms with Crippen LogP contribution in [0, 0.1) is 0 Å². The Balaban J connectivity index is 1.87. The standard InChI is InChI=1S/C20H26N4OS/c1-23(2)21-11-10-16-8-9-18(19(16)24-12-14-25-15-13-24)20(26)22-17-6-4-3-5-7-17/h3-7,10-11H,8-9,12-15H2,1-2H3,(H,22,26)/b16-10-,21-11+. The lowest BCUT2D eigenvalue weighted by Gasteiger charge is -2.31. The molecule has 2 aliphatic rings. The fraction of sp³-hybridized carbons (Fsp3) is 0.400. The van der Waals surface area contributed by atoms with Crippen molar-refractivity contribution in [1.29, 1.82) is 0 Å². The number of nitrogens with zero attached hydrogens (tertiary/aromatic N) is 3. The summed E-state index contributed by atoms with van der Waals surface area (Å²) in [5.41, 5.74) is 4.80. The van der Waals surface area contributed by atoms with Crippen LogP contribution in [0.3, 0.4) is 0 Å². The first-order valence-corrected chi connectivity index (χ1v) is 9.39. The Kier molecular flexibility index (Phi) is 6.41.